The van der Waals surface area contributed by atoms with Crippen molar-refractivity contribution in [2.45, 2.75) is 43.2 Å². The van der Waals surface area contributed by atoms with Crippen molar-refractivity contribution in [3.05, 3.63) is 227 Å². The molecule has 0 saturated carbocycles. The normalized spacial score (nSPS) is 13.0. The second-order valence-corrected chi connectivity index (χ2v) is 32.2. The molecule has 0 radical (unpaired) electrons. The molecule has 4 aromatic heterocycles. The Bertz CT molecular complexity index is 7020. The van der Waals surface area contributed by atoms with Crippen LogP contribution >= 0.6 is 0 Å². The maximum Gasteiger partial charge on any atom is 1.00 e. The molecule has 592 valence electrons. The number of aromatic carboxylic acids is 2. The fourth-order valence-corrected chi connectivity index (χ4v) is 15.2. The van der Waals surface area contributed by atoms with Gasteiger partial charge in [-0.05, 0) is 168 Å². The molecule has 4 heterocycles. The molecule has 0 unspecified atom stereocenters. The molecule has 54 heteroatoms. The summed E-state index contributed by atoms with van der Waals surface area (Å²) in [5.41, 5.74) is -4.92. The molecule has 8 aromatic carbocycles. The number of hydrogen-bond acceptors (Lipinski definition) is 32. The van der Waals surface area contributed by atoms with Gasteiger partial charge < -0.3 is 39.1 Å². The van der Waals surface area contributed by atoms with Crippen molar-refractivity contribution in [1.82, 2.24) is 29.9 Å². The van der Waals surface area contributed by atoms with Gasteiger partial charge in [-0.15, -0.1) is 10.2 Å². The third-order valence-electron chi connectivity index (χ3n) is 15.8. The molecule has 42 nitrogen and oxygen atoms in total. The first kappa shape index (κ1) is 103. The minimum absolute atomic E-state index is 0. The number of hydrogen-bond donors (Lipinski definition) is 8. The number of aromatic amines is 4. The standard InChI is InChI=1S/C68H50N18O24S6.6Na/c1-35(87)69-53-27-41(19-21-51(53)83-81-45-25-49-47(59(31-45)115(105,106)107)9-3-11-55(49)111(93,94)95)71-63-75-65(79-67(77-63)85-23-5-7-39(33-85)61(89)90)73-43-17-15-37(57(29-43)113(99,100)101)13-14-38-16-18-44(30-58(38)114(102,103)104)74-66-76-64(78-68(80-66)86-24-6-8-40(34-86)62(91)92)72-42-20-22-52(54(28-42)70-36(2)88)84-82-46-26-50-48(60(32-46)116(108,109)110)10-4-12-56(50)112(96,97)98;;;;;;/h3-34H,1-2H3,(H12-2,69,70,71,72,73,74,75,76,77,78,79,80,81,82,83,84,87,88,89,90,91,92,93,94,95,96,97,98,99,100,101,102,103,104,105,106,107,108,109,110);;;;;;/q;6*+1/p-4. The van der Waals surface area contributed by atoms with E-state index in [-0.39, 0.29) is 290 Å². The maximum atomic E-state index is 13.2. The third kappa shape index (κ3) is 25.9. The van der Waals surface area contributed by atoms with Gasteiger partial charge in [-0.2, -0.15) is 53.9 Å². The van der Waals surface area contributed by atoms with Gasteiger partial charge in [0.15, 0.2) is 0 Å². The number of nitrogens with zero attached hydrogens (tertiary/aromatic N) is 14. The summed E-state index contributed by atoms with van der Waals surface area (Å²) in [7, 11) is -31.1. The number of azo groups is 2. The number of H-pyrrole nitrogens is 4. The fraction of sp³-hybridized carbons (Fsp3) is 0.0294. The van der Waals surface area contributed by atoms with Crippen molar-refractivity contribution >= 4 is 175 Å². The number of aromatic nitrogens is 8. The smallest absolute Gasteiger partial charge is 0.862 e. The van der Waals surface area contributed by atoms with Gasteiger partial charge in [-0.1, -0.05) is 48.6 Å². The van der Waals surface area contributed by atoms with Crippen LogP contribution in [0.3, 0.4) is 0 Å². The van der Waals surface area contributed by atoms with Crippen molar-refractivity contribution in [3.63, 3.8) is 0 Å². The van der Waals surface area contributed by atoms with Crippen LogP contribution < -0.4 is 229 Å². The molecule has 0 spiro atoms. The summed E-state index contributed by atoms with van der Waals surface area (Å²) in [6.07, 6.45) is 6.93. The van der Waals surface area contributed by atoms with E-state index in [0.717, 1.165) is 132 Å². The first-order valence-corrected chi connectivity index (χ1v) is 40.6. The van der Waals surface area contributed by atoms with E-state index >= 15 is 0 Å². The zero-order valence-corrected chi connectivity index (χ0v) is 81.0. The van der Waals surface area contributed by atoms with E-state index in [1.54, 1.807) is 0 Å². The van der Waals surface area contributed by atoms with E-state index in [4.69, 9.17) is 0 Å². The van der Waals surface area contributed by atoms with E-state index < -0.39 is 136 Å². The fourth-order valence-electron chi connectivity index (χ4n) is 11.0. The minimum Gasteiger partial charge on any atom is -0.862 e. The van der Waals surface area contributed by atoms with Crippen LogP contribution in [0, 0.1) is 0 Å². The number of rotatable bonds is 22. The number of fused-ring (bicyclic) bond motifs is 2. The van der Waals surface area contributed by atoms with E-state index in [1.807, 2.05) is 0 Å². The number of carbonyl (C=O) groups is 2. The van der Waals surface area contributed by atoms with Gasteiger partial charge in [0, 0.05) is 32.7 Å². The number of carboxylic acid groups (broad SMARTS) is 2. The Balaban J connectivity index is 0.00000384. The Labute approximate surface area is 821 Å². The number of nitrogens with one attached hydrogen (secondary N) is 4. The van der Waals surface area contributed by atoms with Gasteiger partial charge >= 0.3 is 200 Å². The first-order valence-electron chi connectivity index (χ1n) is 32.0. The molecule has 0 saturated heterocycles. The topological polar surface area (TPSA) is 679 Å². The van der Waals surface area contributed by atoms with Gasteiger partial charge in [0.05, 0.1) is 92.0 Å². The molecule has 12 rings (SSSR count). The van der Waals surface area contributed by atoms with Gasteiger partial charge in [0.25, 0.3) is 51.7 Å². The van der Waals surface area contributed by atoms with Gasteiger partial charge in [-0.3, -0.25) is 38.2 Å². The Kier molecular flexibility index (Phi) is 35.3. The number of benzene rings is 8. The molecule has 0 aliphatic rings. The van der Waals surface area contributed by atoms with Gasteiger partial charge in [0.1, 0.15) is 51.2 Å². The van der Waals surface area contributed by atoms with Crippen LogP contribution in [0.2, 0.25) is 0 Å². The van der Waals surface area contributed by atoms with Crippen LogP contribution in [0.1, 0.15) is 45.7 Å². The van der Waals surface area contributed by atoms with Crippen molar-refractivity contribution in [3.8, 4) is 11.9 Å². The summed E-state index contributed by atoms with van der Waals surface area (Å²) in [4.78, 5) is 64.5. The second-order valence-electron chi connectivity index (χ2n) is 23.9. The van der Waals surface area contributed by atoms with Crippen LogP contribution in [0.5, 0.6) is 0 Å². The number of aliphatic imine (C=N–C) groups is 2. The van der Waals surface area contributed by atoms with Gasteiger partial charge in [0.2, 0.25) is 0 Å². The van der Waals surface area contributed by atoms with E-state index in [0.29, 0.717) is 0 Å². The molecule has 0 aliphatic heterocycles. The van der Waals surface area contributed by atoms with Crippen LogP contribution in [-0.2, 0) is 60.7 Å². The van der Waals surface area contributed by atoms with Crippen LogP contribution in [-0.4, -0.2) is 131 Å². The summed E-state index contributed by atoms with van der Waals surface area (Å²) in [5, 5.41) is 63.4. The summed E-state index contributed by atoms with van der Waals surface area (Å²) < 4.78 is 220. The molecule has 0 aliphatic carbocycles. The largest absolute Gasteiger partial charge is 1.00 e. The molecule has 0 amide bonds. The first-order chi connectivity index (χ1) is 54.5. The maximum absolute atomic E-state index is 13.2. The van der Waals surface area contributed by atoms with E-state index in [2.05, 4.69) is 80.3 Å². The zero-order chi connectivity index (χ0) is 83.7. The Morgan fingerprint density at radius 1 is 0.369 bits per heavy atom. The summed E-state index contributed by atoms with van der Waals surface area (Å²) in [6, 6.07) is 28.8. The van der Waals surface area contributed by atoms with Crippen LogP contribution in [0.4, 0.5) is 56.9 Å². The summed E-state index contributed by atoms with van der Waals surface area (Å²) in [6.45, 7) is 2.14. The molecule has 0 fully saturated rings. The third-order valence-corrected chi connectivity index (χ3v) is 21.2. The van der Waals surface area contributed by atoms with E-state index in [9.17, 15) is 108 Å². The Morgan fingerprint density at radius 2 is 0.705 bits per heavy atom. The van der Waals surface area contributed by atoms with Crippen molar-refractivity contribution in [2.24, 2.45) is 50.4 Å². The van der Waals surface area contributed by atoms with Crippen LogP contribution in [0.25, 0.3) is 45.6 Å². The summed E-state index contributed by atoms with van der Waals surface area (Å²) in [5.74, 6) is -5.23. The average molecular weight is 1830 g/mol. The molecular formula is C68H46N18Na6O24S6+2. The minimum atomic E-state index is -5.32. The zero-order valence-electron chi connectivity index (χ0n) is 64.1. The van der Waals surface area contributed by atoms with Crippen molar-refractivity contribution in [1.29, 1.82) is 0 Å². The monoisotopic (exact) mass is 1830 g/mol. The predicted octanol–water partition coefficient (Wildman–Crippen LogP) is -15.1. The van der Waals surface area contributed by atoms with E-state index in [1.165, 1.54) is 85.2 Å². The van der Waals surface area contributed by atoms with Gasteiger partial charge in [-0.25, -0.2) is 45.9 Å². The number of pyridine rings is 2. The Hall–Kier alpha value is -7.92. The molecule has 0 bridgehead atoms. The predicted molar refractivity (Wildman–Crippen MR) is 390 cm³/mol. The molecule has 8 N–H and O–H groups in total. The van der Waals surface area contributed by atoms with Crippen molar-refractivity contribution in [2.75, 3.05) is 0 Å². The molecular weight excluding hydrogens is 1780 g/mol. The average Bonchev–Trinajstić information content (AvgIpc) is 0.762. The second kappa shape index (κ2) is 41.9. The number of carbonyl (C=O) groups excluding carboxylic acids is 2. The molecule has 0 atom stereocenters. The van der Waals surface area contributed by atoms with Crippen molar-refractivity contribution < 1.29 is 294 Å². The SMILES string of the molecule is CC([O-])=Nc1cc(N=c2nc(-[n+]3cccc(C(=O)[O-])c3)[nH]c(=Nc3ccc(C=Cc4ccc(N=c5[nH]c(-[n+]6cccc(C(=O)[O-])c6)nc(=Nc6ccc(N=Nc7cc(S(=O)(=O)[O-])c8cccc(S(=O)(=O)O)c8c7)c(N=C(C)[O-])c6)[nH]5)cc4S(=O)(=O)O)c(S(=O)(=O)O)c3)[nH]2)ccc1N=Nc1cc(S(=O)(=O)[O-])c2cccc(S(=O)(=O)O)c2c1.[Na+].[Na+].[Na+].[Na+].[Na+].[Na+]. The molecule has 12 aromatic rings. The Morgan fingerprint density at radius 3 is 1.03 bits per heavy atom. The molecule has 122 heavy (non-hydrogen) atoms. The van der Waals surface area contributed by atoms with Crippen LogP contribution in [0.15, 0.2) is 262 Å². The summed E-state index contributed by atoms with van der Waals surface area (Å²) >= 11 is 0. The quantitative estimate of drug-likeness (QED) is 0.00594. The number of carboxylic acids is 2.